The Bertz CT molecular complexity index is 1100. The third-order valence-electron chi connectivity index (χ3n) is 5.33. The number of thiophene rings is 1. The molecule has 2 aromatic heterocycles. The molecule has 0 spiro atoms. The molecule has 0 radical (unpaired) electrons. The molecule has 0 aliphatic carbocycles. The van der Waals surface area contributed by atoms with Crippen molar-refractivity contribution in [3.63, 3.8) is 0 Å². The van der Waals surface area contributed by atoms with Gasteiger partial charge in [0.2, 0.25) is 0 Å². The van der Waals surface area contributed by atoms with Crippen molar-refractivity contribution in [1.82, 2.24) is 9.88 Å². The summed E-state index contributed by atoms with van der Waals surface area (Å²) in [7, 11) is 3.24. The van der Waals surface area contributed by atoms with Crippen molar-refractivity contribution in [3.05, 3.63) is 69.1 Å². The topological polar surface area (TPSA) is 70.1 Å². The maximum absolute atomic E-state index is 12.8. The summed E-state index contributed by atoms with van der Waals surface area (Å²) in [6.07, 6.45) is 1.58. The molecule has 0 bridgehead atoms. The number of nitrogens with zero attached hydrogens (tertiary/aromatic N) is 2. The highest BCUT2D eigenvalue weighted by Gasteiger charge is 2.33. The number of carbonyl (C=O) groups excluding carboxylic acids is 1. The van der Waals surface area contributed by atoms with Gasteiger partial charge in [0, 0.05) is 43.3 Å². The lowest BCUT2D eigenvalue weighted by molar-refractivity contribution is 0.0595. The predicted octanol–water partition coefficient (Wildman–Crippen LogP) is 4.65. The minimum absolute atomic E-state index is 0.107. The molecular weight excluding hydrogens is 464 g/mol. The van der Waals surface area contributed by atoms with Crippen LogP contribution in [-0.2, 0) is 11.3 Å². The first kappa shape index (κ1) is 23.4. The number of ether oxygens (including phenoxy) is 4. The number of hydrogen-bond acceptors (Lipinski definition) is 7. The Morgan fingerprint density at radius 1 is 1.09 bits per heavy atom. The van der Waals surface area contributed by atoms with E-state index in [1.54, 1.807) is 37.4 Å². The van der Waals surface area contributed by atoms with Crippen molar-refractivity contribution in [3.8, 4) is 17.2 Å². The van der Waals surface area contributed by atoms with Gasteiger partial charge in [-0.2, -0.15) is 0 Å². The second-order valence-corrected chi connectivity index (χ2v) is 9.33. The second-order valence-electron chi connectivity index (χ2n) is 7.53. The largest absolute Gasteiger partial charge is 0.493 e. The number of halogens is 1. The predicted molar refractivity (Wildman–Crippen MR) is 127 cm³/mol. The molecule has 0 unspecified atom stereocenters. The molecule has 0 N–H and O–H groups in total. The number of carbonyl (C=O) groups is 1. The summed E-state index contributed by atoms with van der Waals surface area (Å²) < 4.78 is 22.7. The van der Waals surface area contributed by atoms with Crippen LogP contribution in [0, 0.1) is 0 Å². The molecule has 1 saturated heterocycles. The zero-order chi connectivity index (χ0) is 23.2. The quantitative estimate of drug-likeness (QED) is 0.387. The van der Waals surface area contributed by atoms with E-state index >= 15 is 0 Å². The van der Waals surface area contributed by atoms with Crippen LogP contribution in [0.4, 0.5) is 0 Å². The summed E-state index contributed by atoms with van der Waals surface area (Å²) in [5.41, 5.74) is 1.48. The number of pyridine rings is 1. The number of aromatic nitrogens is 1. The molecular formula is C24H25ClN2O5S. The smallest absolute Gasteiger partial charge is 0.272 e. The van der Waals surface area contributed by atoms with Crippen LogP contribution in [0.5, 0.6) is 17.2 Å². The molecule has 1 aliphatic rings. The summed E-state index contributed by atoms with van der Waals surface area (Å²) in [4.78, 5) is 19.8. The average molecular weight is 489 g/mol. The summed E-state index contributed by atoms with van der Waals surface area (Å²) in [6, 6.07) is 13.1. The van der Waals surface area contributed by atoms with E-state index in [2.05, 4.69) is 4.98 Å². The van der Waals surface area contributed by atoms with Gasteiger partial charge in [0.15, 0.2) is 11.5 Å². The summed E-state index contributed by atoms with van der Waals surface area (Å²) in [5, 5.41) is 0. The van der Waals surface area contributed by atoms with Crippen LogP contribution >= 0.6 is 22.9 Å². The Balaban J connectivity index is 1.34. The molecule has 3 heterocycles. The molecule has 1 amide bonds. The van der Waals surface area contributed by atoms with E-state index in [0.29, 0.717) is 55.9 Å². The fraction of sp³-hybridized carbons (Fsp3) is 0.333. The van der Waals surface area contributed by atoms with Crippen molar-refractivity contribution in [2.75, 3.05) is 40.5 Å². The fourth-order valence-corrected chi connectivity index (χ4v) is 4.51. The molecule has 3 aromatic rings. The number of benzene rings is 1. The van der Waals surface area contributed by atoms with Gasteiger partial charge in [-0.15, -0.1) is 11.3 Å². The first-order valence-corrected chi connectivity index (χ1v) is 11.7. The number of methoxy groups -OCH3 is 2. The Hall–Kier alpha value is -2.81. The van der Waals surface area contributed by atoms with Crippen LogP contribution in [0.2, 0.25) is 4.34 Å². The molecule has 0 atom stereocenters. The van der Waals surface area contributed by atoms with Crippen molar-refractivity contribution >= 4 is 28.8 Å². The van der Waals surface area contributed by atoms with Crippen molar-refractivity contribution in [2.24, 2.45) is 0 Å². The Kier molecular flexibility index (Phi) is 7.69. The van der Waals surface area contributed by atoms with Gasteiger partial charge < -0.3 is 23.8 Å². The Morgan fingerprint density at radius 3 is 2.67 bits per heavy atom. The minimum Gasteiger partial charge on any atom is -0.493 e. The van der Waals surface area contributed by atoms with E-state index < -0.39 is 0 Å². The zero-order valence-corrected chi connectivity index (χ0v) is 20.0. The van der Waals surface area contributed by atoms with Gasteiger partial charge in [-0.1, -0.05) is 17.7 Å². The zero-order valence-electron chi connectivity index (χ0n) is 18.5. The van der Waals surface area contributed by atoms with E-state index in [4.69, 9.17) is 30.5 Å². The van der Waals surface area contributed by atoms with E-state index in [1.807, 2.05) is 30.3 Å². The molecule has 1 aromatic carbocycles. The highest BCUT2D eigenvalue weighted by Crippen LogP contribution is 2.36. The normalized spacial score (nSPS) is 13.5. The van der Waals surface area contributed by atoms with Gasteiger partial charge in [-0.25, -0.2) is 0 Å². The van der Waals surface area contributed by atoms with Crippen LogP contribution in [0.15, 0.2) is 48.7 Å². The van der Waals surface area contributed by atoms with Crippen LogP contribution in [-0.4, -0.2) is 56.3 Å². The highest BCUT2D eigenvalue weighted by atomic mass is 35.5. The molecule has 174 valence electrons. The Labute approximate surface area is 201 Å². The number of likely N-dealkylation sites (tertiary alicyclic amines) is 1. The molecule has 9 heteroatoms. The van der Waals surface area contributed by atoms with Crippen LogP contribution in [0.25, 0.3) is 0 Å². The van der Waals surface area contributed by atoms with Gasteiger partial charge in [-0.05, 0) is 35.9 Å². The van der Waals surface area contributed by atoms with Gasteiger partial charge >= 0.3 is 0 Å². The lowest BCUT2D eigenvalue weighted by Gasteiger charge is -2.39. The fourth-order valence-electron chi connectivity index (χ4n) is 3.51. The third-order valence-corrected chi connectivity index (χ3v) is 6.54. The molecule has 33 heavy (non-hydrogen) atoms. The second kappa shape index (κ2) is 10.9. The van der Waals surface area contributed by atoms with Crippen molar-refractivity contribution in [1.29, 1.82) is 0 Å². The molecule has 1 aliphatic heterocycles. The van der Waals surface area contributed by atoms with Crippen LogP contribution < -0.4 is 14.2 Å². The Morgan fingerprint density at radius 2 is 1.94 bits per heavy atom. The van der Waals surface area contributed by atoms with Crippen molar-refractivity contribution < 1.29 is 23.7 Å². The van der Waals surface area contributed by atoms with Crippen LogP contribution in [0.1, 0.15) is 26.8 Å². The first-order valence-electron chi connectivity index (χ1n) is 10.5. The lowest BCUT2D eigenvalue weighted by atomic mass is 9.91. The van der Waals surface area contributed by atoms with E-state index in [-0.39, 0.29) is 11.8 Å². The van der Waals surface area contributed by atoms with E-state index in [9.17, 15) is 4.79 Å². The number of rotatable bonds is 10. The third kappa shape index (κ3) is 5.76. The maximum Gasteiger partial charge on any atom is 0.272 e. The number of amides is 1. The summed E-state index contributed by atoms with van der Waals surface area (Å²) in [5.74, 6) is 2.07. The van der Waals surface area contributed by atoms with Gasteiger partial charge in [0.1, 0.15) is 24.7 Å². The highest BCUT2D eigenvalue weighted by molar-refractivity contribution is 7.16. The average Bonchev–Trinajstić information content (AvgIpc) is 3.22. The van der Waals surface area contributed by atoms with Gasteiger partial charge in [0.25, 0.3) is 5.91 Å². The standard InChI is InChI=1S/C24H25ClN2O5S/c1-29-9-10-31-18-7-8-26-20(12-18)24(28)27-13-17(14-27)16-3-5-21(22(11-16)30-2)32-15-19-4-6-23(25)33-19/h3-8,11-12,17H,9-10,13-15H2,1-2H3. The van der Waals surface area contributed by atoms with E-state index in [1.165, 1.54) is 11.3 Å². The van der Waals surface area contributed by atoms with Crippen LogP contribution in [0.3, 0.4) is 0 Å². The van der Waals surface area contributed by atoms with E-state index in [0.717, 1.165) is 14.8 Å². The SMILES string of the molecule is COCCOc1ccnc(C(=O)N2CC(c3ccc(OCc4ccc(Cl)s4)c(OC)c3)C2)c1. The first-order chi connectivity index (χ1) is 16.1. The molecule has 4 rings (SSSR count). The summed E-state index contributed by atoms with van der Waals surface area (Å²) in [6.45, 7) is 2.57. The lowest BCUT2D eigenvalue weighted by Crippen LogP contribution is -2.48. The summed E-state index contributed by atoms with van der Waals surface area (Å²) >= 11 is 7.47. The van der Waals surface area contributed by atoms with Gasteiger partial charge in [0.05, 0.1) is 18.1 Å². The molecule has 1 fully saturated rings. The van der Waals surface area contributed by atoms with Crippen molar-refractivity contribution in [2.45, 2.75) is 12.5 Å². The minimum atomic E-state index is -0.107. The van der Waals surface area contributed by atoms with Gasteiger partial charge in [-0.3, -0.25) is 9.78 Å². The molecule has 7 nitrogen and oxygen atoms in total. The molecule has 0 saturated carbocycles. The number of hydrogen-bond donors (Lipinski definition) is 0. The maximum atomic E-state index is 12.8. The monoisotopic (exact) mass is 488 g/mol.